The molecular formula is C24H32FIN4O. The summed E-state index contributed by atoms with van der Waals surface area (Å²) in [5, 5.41) is 3.41. The molecule has 2 fully saturated rings. The van der Waals surface area contributed by atoms with E-state index in [-0.39, 0.29) is 29.8 Å². The van der Waals surface area contributed by atoms with Crippen LogP contribution in [0, 0.1) is 11.7 Å². The number of ether oxygens (including phenoxy) is 1. The summed E-state index contributed by atoms with van der Waals surface area (Å²) in [5.41, 5.74) is 2.98. The van der Waals surface area contributed by atoms with Gasteiger partial charge in [0.05, 0.1) is 18.9 Å². The summed E-state index contributed by atoms with van der Waals surface area (Å²) in [7, 11) is 1.81. The van der Waals surface area contributed by atoms with Crippen molar-refractivity contribution in [3.8, 4) is 0 Å². The molecule has 0 saturated carbocycles. The molecule has 1 N–H and O–H groups in total. The third-order valence-corrected chi connectivity index (χ3v) is 5.98. The number of aliphatic imine (C=N–C) groups is 1. The van der Waals surface area contributed by atoms with Gasteiger partial charge in [0.2, 0.25) is 0 Å². The topological polar surface area (TPSA) is 40.1 Å². The van der Waals surface area contributed by atoms with Crippen LogP contribution in [0.1, 0.15) is 17.5 Å². The van der Waals surface area contributed by atoms with Crippen LogP contribution >= 0.6 is 24.0 Å². The zero-order chi connectivity index (χ0) is 20.8. The summed E-state index contributed by atoms with van der Waals surface area (Å²) in [6.45, 7) is 5.34. The highest BCUT2D eigenvalue weighted by Crippen LogP contribution is 2.23. The molecule has 2 heterocycles. The molecule has 0 amide bonds. The Morgan fingerprint density at radius 3 is 2.58 bits per heavy atom. The number of morpholine rings is 1. The highest BCUT2D eigenvalue weighted by Gasteiger charge is 2.25. The molecule has 7 heteroatoms. The molecule has 0 spiro atoms. The molecule has 2 aromatic carbocycles. The van der Waals surface area contributed by atoms with Crippen molar-refractivity contribution in [1.29, 1.82) is 0 Å². The summed E-state index contributed by atoms with van der Waals surface area (Å²) in [6.07, 6.45) is 2.26. The van der Waals surface area contributed by atoms with Crippen molar-refractivity contribution in [2.75, 3.05) is 51.3 Å². The summed E-state index contributed by atoms with van der Waals surface area (Å²) in [4.78, 5) is 8.81. The Kier molecular flexibility index (Phi) is 8.95. The summed E-state index contributed by atoms with van der Waals surface area (Å²) < 4.78 is 20.0. The van der Waals surface area contributed by atoms with E-state index in [2.05, 4.69) is 45.5 Å². The van der Waals surface area contributed by atoms with Crippen LogP contribution in [0.25, 0.3) is 0 Å². The van der Waals surface area contributed by atoms with E-state index in [1.165, 1.54) is 12.0 Å². The Bertz CT molecular complexity index is 858. The quantitative estimate of drug-likeness (QED) is 0.356. The average Bonchev–Trinajstić information content (AvgIpc) is 3.24. The Balaban J connectivity index is 0.00000272. The third kappa shape index (κ3) is 6.32. The van der Waals surface area contributed by atoms with Gasteiger partial charge in [-0.3, -0.25) is 4.99 Å². The van der Waals surface area contributed by atoms with E-state index in [9.17, 15) is 4.39 Å². The van der Waals surface area contributed by atoms with Gasteiger partial charge in [-0.2, -0.15) is 0 Å². The van der Waals surface area contributed by atoms with Gasteiger partial charge in [-0.1, -0.05) is 36.4 Å². The van der Waals surface area contributed by atoms with Gasteiger partial charge in [0.1, 0.15) is 5.82 Å². The number of hydrogen-bond acceptors (Lipinski definition) is 3. The Labute approximate surface area is 201 Å². The Hall–Kier alpha value is -1.87. The lowest BCUT2D eigenvalue weighted by Crippen LogP contribution is -2.39. The zero-order valence-electron chi connectivity index (χ0n) is 18.1. The van der Waals surface area contributed by atoms with Crippen molar-refractivity contribution in [1.82, 2.24) is 10.2 Å². The maximum atomic E-state index is 14.6. The van der Waals surface area contributed by atoms with Crippen LogP contribution in [0.2, 0.25) is 0 Å². The molecule has 5 nitrogen and oxygen atoms in total. The molecular weight excluding hydrogens is 506 g/mol. The predicted molar refractivity (Wildman–Crippen MR) is 135 cm³/mol. The lowest BCUT2D eigenvalue weighted by molar-refractivity contribution is 0.122. The predicted octanol–water partition coefficient (Wildman–Crippen LogP) is 3.92. The molecule has 1 atom stereocenters. The minimum Gasteiger partial charge on any atom is -0.378 e. The standard InChI is InChI=1S/C24H31FN4O.HI/c1-26-24(29-10-9-21(18-29)15-19-5-3-2-4-6-19)27-17-20-7-8-23(22(25)16-20)28-11-13-30-14-12-28;/h2-8,16,21H,9-15,17-18H2,1H3,(H,26,27);1H. The van der Waals surface area contributed by atoms with E-state index < -0.39 is 0 Å². The number of anilines is 1. The number of hydrogen-bond donors (Lipinski definition) is 1. The van der Waals surface area contributed by atoms with Crippen LogP contribution in [-0.4, -0.2) is 57.3 Å². The molecule has 0 aliphatic carbocycles. The SMILES string of the molecule is CN=C(NCc1ccc(N2CCOCC2)c(F)c1)N1CCC(Cc2ccccc2)C1.I. The van der Waals surface area contributed by atoms with Crippen molar-refractivity contribution in [2.45, 2.75) is 19.4 Å². The fraction of sp³-hybridized carbons (Fsp3) is 0.458. The largest absolute Gasteiger partial charge is 0.378 e. The van der Waals surface area contributed by atoms with Crippen molar-refractivity contribution in [3.05, 3.63) is 65.5 Å². The number of benzene rings is 2. The maximum Gasteiger partial charge on any atom is 0.193 e. The van der Waals surface area contributed by atoms with Crippen LogP contribution in [0.3, 0.4) is 0 Å². The van der Waals surface area contributed by atoms with Crippen LogP contribution < -0.4 is 10.2 Å². The summed E-state index contributed by atoms with van der Waals surface area (Å²) in [6, 6.07) is 16.2. The van der Waals surface area contributed by atoms with Crippen LogP contribution in [0.4, 0.5) is 10.1 Å². The molecule has 1 unspecified atom stereocenters. The molecule has 2 aliphatic rings. The molecule has 0 bridgehead atoms. The van der Waals surface area contributed by atoms with Gasteiger partial charge in [-0.05, 0) is 42.0 Å². The Morgan fingerprint density at radius 2 is 1.87 bits per heavy atom. The fourth-order valence-corrected chi connectivity index (χ4v) is 4.37. The minimum atomic E-state index is -0.171. The second-order valence-electron chi connectivity index (χ2n) is 8.08. The third-order valence-electron chi connectivity index (χ3n) is 5.98. The first-order chi connectivity index (χ1) is 14.7. The van der Waals surface area contributed by atoms with Crippen molar-refractivity contribution < 1.29 is 9.13 Å². The van der Waals surface area contributed by atoms with E-state index in [0.29, 0.717) is 31.4 Å². The minimum absolute atomic E-state index is 0. The van der Waals surface area contributed by atoms with Gasteiger partial charge in [-0.25, -0.2) is 4.39 Å². The number of likely N-dealkylation sites (tertiary alicyclic amines) is 1. The van der Waals surface area contributed by atoms with Gasteiger partial charge >= 0.3 is 0 Å². The molecule has 0 radical (unpaired) electrons. The van der Waals surface area contributed by atoms with E-state index in [4.69, 9.17) is 4.74 Å². The van der Waals surface area contributed by atoms with Crippen LogP contribution in [0.5, 0.6) is 0 Å². The zero-order valence-corrected chi connectivity index (χ0v) is 20.4. The molecule has 2 aromatic rings. The fourth-order valence-electron chi connectivity index (χ4n) is 4.37. The highest BCUT2D eigenvalue weighted by atomic mass is 127. The lowest BCUT2D eigenvalue weighted by atomic mass is 9.99. The smallest absolute Gasteiger partial charge is 0.193 e. The number of rotatable bonds is 5. The average molecular weight is 538 g/mol. The second-order valence-corrected chi connectivity index (χ2v) is 8.08. The van der Waals surface area contributed by atoms with Crippen LogP contribution in [0.15, 0.2) is 53.5 Å². The Morgan fingerprint density at radius 1 is 1.10 bits per heavy atom. The van der Waals surface area contributed by atoms with Crippen molar-refractivity contribution in [3.63, 3.8) is 0 Å². The lowest BCUT2D eigenvalue weighted by Gasteiger charge is -2.29. The molecule has 168 valence electrons. The number of halogens is 2. The van der Waals surface area contributed by atoms with E-state index in [0.717, 1.165) is 44.1 Å². The monoisotopic (exact) mass is 538 g/mol. The van der Waals surface area contributed by atoms with Gasteiger partial charge in [0.25, 0.3) is 0 Å². The van der Waals surface area contributed by atoms with Gasteiger partial charge in [0.15, 0.2) is 5.96 Å². The van der Waals surface area contributed by atoms with E-state index in [1.807, 2.05) is 24.1 Å². The van der Waals surface area contributed by atoms with Gasteiger partial charge in [0, 0.05) is 39.8 Å². The first-order valence-corrected chi connectivity index (χ1v) is 10.8. The maximum absolute atomic E-state index is 14.6. The second kappa shape index (κ2) is 11.7. The van der Waals surface area contributed by atoms with E-state index in [1.54, 1.807) is 6.07 Å². The molecule has 0 aromatic heterocycles. The number of guanidine groups is 1. The molecule has 31 heavy (non-hydrogen) atoms. The first kappa shape index (κ1) is 23.8. The summed E-state index contributed by atoms with van der Waals surface area (Å²) >= 11 is 0. The van der Waals surface area contributed by atoms with Crippen LogP contribution in [-0.2, 0) is 17.7 Å². The number of nitrogens with zero attached hydrogens (tertiary/aromatic N) is 3. The molecule has 4 rings (SSSR count). The summed E-state index contributed by atoms with van der Waals surface area (Å²) in [5.74, 6) is 1.36. The highest BCUT2D eigenvalue weighted by molar-refractivity contribution is 14.0. The first-order valence-electron chi connectivity index (χ1n) is 10.8. The van der Waals surface area contributed by atoms with Gasteiger partial charge < -0.3 is 19.9 Å². The van der Waals surface area contributed by atoms with E-state index >= 15 is 0 Å². The van der Waals surface area contributed by atoms with Crippen molar-refractivity contribution >= 4 is 35.6 Å². The molecule has 2 aliphatic heterocycles. The van der Waals surface area contributed by atoms with Gasteiger partial charge in [-0.15, -0.1) is 24.0 Å². The normalized spacial score (nSPS) is 19.3. The number of nitrogens with one attached hydrogen (secondary N) is 1. The van der Waals surface area contributed by atoms with Crippen molar-refractivity contribution in [2.24, 2.45) is 10.9 Å². The molecule has 2 saturated heterocycles.